The maximum Gasteiger partial charge on any atom is 0.324 e. The summed E-state index contributed by atoms with van der Waals surface area (Å²) in [6.07, 6.45) is -3.89. The Morgan fingerprint density at radius 2 is 1.67 bits per heavy atom. The first-order valence-electron chi connectivity index (χ1n) is 4.69. The van der Waals surface area contributed by atoms with Gasteiger partial charge >= 0.3 is 12.3 Å². The lowest BCUT2D eigenvalue weighted by atomic mass is 10.2. The van der Waals surface area contributed by atoms with Crippen LogP contribution in [0.4, 0.5) is 17.6 Å². The Labute approximate surface area is 101 Å². The van der Waals surface area contributed by atoms with Crippen molar-refractivity contribution < 1.29 is 17.6 Å². The van der Waals surface area contributed by atoms with Crippen molar-refractivity contribution in [3.63, 3.8) is 0 Å². The fraction of sp³-hybridized carbons (Fsp3) is 0.500. The quantitative estimate of drug-likeness (QED) is 0.560. The van der Waals surface area contributed by atoms with Crippen molar-refractivity contribution in [1.29, 1.82) is 15.8 Å². The van der Waals surface area contributed by atoms with E-state index in [0.717, 1.165) is 0 Å². The number of hydrogen-bond donors (Lipinski definition) is 0. The minimum absolute atomic E-state index is 0.210. The molecule has 0 aromatic rings. The molecule has 0 aliphatic carbocycles. The van der Waals surface area contributed by atoms with E-state index in [-0.39, 0.29) is 6.54 Å². The minimum atomic E-state index is -4.33. The third-order valence-electron chi connectivity index (χ3n) is 1.99. The van der Waals surface area contributed by atoms with E-state index in [1.807, 2.05) is 0 Å². The molecule has 0 bridgehead atoms. The van der Waals surface area contributed by atoms with Crippen molar-refractivity contribution in [2.45, 2.75) is 19.3 Å². The fourth-order valence-corrected chi connectivity index (χ4v) is 1.09. The van der Waals surface area contributed by atoms with Gasteiger partial charge in [-0.1, -0.05) is 0 Å². The summed E-state index contributed by atoms with van der Waals surface area (Å²) in [5.41, 5.74) is -1.33. The van der Waals surface area contributed by atoms with Gasteiger partial charge in [0.1, 0.15) is 23.9 Å². The fourth-order valence-electron chi connectivity index (χ4n) is 1.09. The number of alkyl halides is 4. The summed E-state index contributed by atoms with van der Waals surface area (Å²) in [5, 5.41) is 25.8. The minimum Gasteiger partial charge on any atom is -0.355 e. The zero-order valence-electron chi connectivity index (χ0n) is 9.29. The highest BCUT2D eigenvalue weighted by atomic mass is 19.3. The molecule has 0 aromatic carbocycles. The number of hydrogen-bond acceptors (Lipinski definition) is 4. The molecule has 0 saturated carbocycles. The molecular weight excluding hydrogens is 252 g/mol. The number of halogens is 4. The summed E-state index contributed by atoms with van der Waals surface area (Å²) < 4.78 is 49.8. The topological polar surface area (TPSA) is 74.6 Å². The number of nitrogens with zero attached hydrogens (tertiary/aromatic N) is 4. The molecule has 0 rings (SSSR count). The van der Waals surface area contributed by atoms with Crippen LogP contribution in [-0.2, 0) is 0 Å². The first-order valence-corrected chi connectivity index (χ1v) is 4.69. The summed E-state index contributed by atoms with van der Waals surface area (Å²) in [5.74, 6) is -4.33. The van der Waals surface area contributed by atoms with Gasteiger partial charge in [0.15, 0.2) is 5.57 Å². The maximum atomic E-state index is 12.9. The standard InChI is InChI=1S/C10H8F4N4/c1-2-18(6-10(13,14)9(11)12)8(5-17)7(3-15)4-16/h9H,2,6H2,1H3. The maximum absolute atomic E-state index is 12.9. The van der Waals surface area contributed by atoms with Crippen molar-refractivity contribution in [3.8, 4) is 18.2 Å². The van der Waals surface area contributed by atoms with Crippen LogP contribution in [0.2, 0.25) is 0 Å². The van der Waals surface area contributed by atoms with Crippen LogP contribution in [0.5, 0.6) is 0 Å². The summed E-state index contributed by atoms with van der Waals surface area (Å²) in [7, 11) is 0. The highest BCUT2D eigenvalue weighted by Crippen LogP contribution is 2.25. The van der Waals surface area contributed by atoms with Gasteiger partial charge in [0.25, 0.3) is 0 Å². The van der Waals surface area contributed by atoms with Gasteiger partial charge in [-0.25, -0.2) is 8.78 Å². The lowest BCUT2D eigenvalue weighted by molar-refractivity contribution is -0.138. The van der Waals surface area contributed by atoms with Crippen LogP contribution in [0.1, 0.15) is 6.92 Å². The van der Waals surface area contributed by atoms with Gasteiger partial charge in [-0.05, 0) is 6.92 Å². The number of rotatable bonds is 5. The van der Waals surface area contributed by atoms with Crippen LogP contribution in [0.25, 0.3) is 0 Å². The van der Waals surface area contributed by atoms with Crippen molar-refractivity contribution in [2.24, 2.45) is 0 Å². The molecular formula is C10H8F4N4. The molecule has 0 heterocycles. The zero-order valence-corrected chi connectivity index (χ0v) is 9.29. The molecule has 0 atom stereocenters. The molecule has 0 unspecified atom stereocenters. The first-order chi connectivity index (χ1) is 8.33. The summed E-state index contributed by atoms with van der Waals surface area (Å²) >= 11 is 0. The highest BCUT2D eigenvalue weighted by molar-refractivity contribution is 5.45. The molecule has 0 aromatic heterocycles. The Hall–Kier alpha value is -2.27. The number of nitriles is 3. The first kappa shape index (κ1) is 15.7. The van der Waals surface area contributed by atoms with Gasteiger partial charge in [0.2, 0.25) is 0 Å². The summed E-state index contributed by atoms with van der Waals surface area (Å²) in [6, 6.07) is 4.11. The van der Waals surface area contributed by atoms with Crippen molar-refractivity contribution in [3.05, 3.63) is 11.3 Å². The molecule has 96 valence electrons. The van der Waals surface area contributed by atoms with Gasteiger partial charge in [-0.15, -0.1) is 0 Å². The van der Waals surface area contributed by atoms with Gasteiger partial charge in [0.05, 0.1) is 6.54 Å². The van der Waals surface area contributed by atoms with Crippen LogP contribution in [0, 0.1) is 34.0 Å². The average Bonchev–Trinajstić information content (AvgIpc) is 2.33. The Balaban J connectivity index is 5.38. The van der Waals surface area contributed by atoms with Crippen LogP contribution < -0.4 is 0 Å². The third-order valence-corrected chi connectivity index (χ3v) is 1.99. The van der Waals surface area contributed by atoms with E-state index in [2.05, 4.69) is 0 Å². The van der Waals surface area contributed by atoms with E-state index < -0.39 is 30.2 Å². The molecule has 0 radical (unpaired) electrons. The second-order valence-electron chi connectivity index (χ2n) is 3.13. The number of allylic oxidation sites excluding steroid dienone is 2. The van der Waals surface area contributed by atoms with Crippen molar-refractivity contribution in [2.75, 3.05) is 13.1 Å². The van der Waals surface area contributed by atoms with Crippen molar-refractivity contribution in [1.82, 2.24) is 4.90 Å². The second-order valence-corrected chi connectivity index (χ2v) is 3.13. The molecule has 0 aliphatic heterocycles. The van der Waals surface area contributed by atoms with E-state index in [4.69, 9.17) is 15.8 Å². The SMILES string of the molecule is CCN(CC(F)(F)C(F)F)C(C#N)=C(C#N)C#N. The highest BCUT2D eigenvalue weighted by Gasteiger charge is 2.42. The second kappa shape index (κ2) is 6.46. The van der Waals surface area contributed by atoms with E-state index in [1.165, 1.54) is 25.1 Å². The largest absolute Gasteiger partial charge is 0.355 e. The normalized spacial score (nSPS) is 10.2. The average molecular weight is 260 g/mol. The smallest absolute Gasteiger partial charge is 0.324 e. The molecule has 0 amide bonds. The van der Waals surface area contributed by atoms with Gasteiger partial charge in [-0.3, -0.25) is 0 Å². The van der Waals surface area contributed by atoms with Gasteiger partial charge < -0.3 is 4.90 Å². The lowest BCUT2D eigenvalue weighted by Crippen LogP contribution is -2.41. The van der Waals surface area contributed by atoms with Crippen LogP contribution >= 0.6 is 0 Å². The van der Waals surface area contributed by atoms with Crippen molar-refractivity contribution >= 4 is 0 Å². The van der Waals surface area contributed by atoms with Crippen LogP contribution in [0.3, 0.4) is 0 Å². The Morgan fingerprint density at radius 3 is 1.94 bits per heavy atom. The molecule has 0 N–H and O–H groups in total. The Kier molecular flexibility index (Phi) is 5.65. The molecule has 0 saturated heterocycles. The molecule has 0 fully saturated rings. The molecule has 18 heavy (non-hydrogen) atoms. The molecule has 0 spiro atoms. The third kappa shape index (κ3) is 3.64. The lowest BCUT2D eigenvalue weighted by Gasteiger charge is -2.26. The van der Waals surface area contributed by atoms with E-state index in [9.17, 15) is 17.6 Å². The molecule has 4 nitrogen and oxygen atoms in total. The Morgan fingerprint density at radius 1 is 1.17 bits per heavy atom. The van der Waals surface area contributed by atoms with Gasteiger partial charge in [-0.2, -0.15) is 24.6 Å². The summed E-state index contributed by atoms with van der Waals surface area (Å²) in [4.78, 5) is 0.577. The Bertz CT molecular complexity index is 434. The predicted octanol–water partition coefficient (Wildman–Crippen LogP) is 2.03. The molecule has 8 heteroatoms. The van der Waals surface area contributed by atoms with Crippen LogP contribution in [-0.4, -0.2) is 30.3 Å². The summed E-state index contributed by atoms with van der Waals surface area (Å²) in [6.45, 7) is -0.305. The van der Waals surface area contributed by atoms with Gasteiger partial charge in [0, 0.05) is 6.54 Å². The van der Waals surface area contributed by atoms with E-state index in [0.29, 0.717) is 4.90 Å². The molecule has 0 aliphatic rings. The van der Waals surface area contributed by atoms with E-state index in [1.54, 1.807) is 0 Å². The van der Waals surface area contributed by atoms with E-state index >= 15 is 0 Å². The predicted molar refractivity (Wildman–Crippen MR) is 52.1 cm³/mol. The zero-order chi connectivity index (χ0) is 14.3. The monoisotopic (exact) mass is 260 g/mol. The van der Waals surface area contributed by atoms with Crippen LogP contribution in [0.15, 0.2) is 11.3 Å².